The Morgan fingerprint density at radius 2 is 1.77 bits per heavy atom. The van der Waals surface area contributed by atoms with Crippen molar-refractivity contribution in [1.29, 1.82) is 0 Å². The number of methoxy groups -OCH3 is 1. The first-order chi connectivity index (χ1) is 12.7. The molecule has 0 atom stereocenters. The van der Waals surface area contributed by atoms with E-state index in [4.69, 9.17) is 4.74 Å². The Bertz CT molecular complexity index is 738. The van der Waals surface area contributed by atoms with Crippen LogP contribution in [0.25, 0.3) is 0 Å². The van der Waals surface area contributed by atoms with E-state index in [1.165, 1.54) is 5.69 Å². The monoisotopic (exact) mass is 353 g/mol. The van der Waals surface area contributed by atoms with E-state index in [0.29, 0.717) is 18.1 Å². The van der Waals surface area contributed by atoms with Gasteiger partial charge in [0.05, 0.1) is 12.7 Å². The Labute approximate surface area is 153 Å². The summed E-state index contributed by atoms with van der Waals surface area (Å²) in [5, 5.41) is 2.71. The van der Waals surface area contributed by atoms with Crippen molar-refractivity contribution in [2.24, 2.45) is 0 Å². The van der Waals surface area contributed by atoms with E-state index in [9.17, 15) is 4.79 Å². The quantitative estimate of drug-likeness (QED) is 0.798. The molecule has 1 aromatic carbocycles. The second kappa shape index (κ2) is 8.33. The predicted molar refractivity (Wildman–Crippen MR) is 102 cm³/mol. The molecule has 1 saturated heterocycles. The summed E-state index contributed by atoms with van der Waals surface area (Å²) in [5.41, 5.74) is 1.63. The summed E-state index contributed by atoms with van der Waals surface area (Å²) in [6.07, 6.45) is 4.77. The van der Waals surface area contributed by atoms with E-state index in [0.717, 1.165) is 31.9 Å². The van der Waals surface area contributed by atoms with E-state index in [2.05, 4.69) is 43.8 Å². The average Bonchev–Trinajstić information content (AvgIpc) is 2.72. The SMILES string of the molecule is C=CCNC(=O)c1cnc(N2CCN(c3ccc(OC)cc3)CC2)nc1. The van der Waals surface area contributed by atoms with Crippen LogP contribution in [-0.4, -0.2) is 55.7 Å². The zero-order valence-corrected chi connectivity index (χ0v) is 14.9. The maximum atomic E-state index is 11.9. The van der Waals surface area contributed by atoms with Gasteiger partial charge in [-0.25, -0.2) is 9.97 Å². The smallest absolute Gasteiger partial charge is 0.254 e. The van der Waals surface area contributed by atoms with E-state index < -0.39 is 0 Å². The minimum absolute atomic E-state index is 0.194. The van der Waals surface area contributed by atoms with Gasteiger partial charge in [-0.1, -0.05) is 6.08 Å². The molecule has 26 heavy (non-hydrogen) atoms. The number of anilines is 2. The van der Waals surface area contributed by atoms with Gasteiger partial charge in [0.25, 0.3) is 5.91 Å². The third kappa shape index (κ3) is 4.11. The van der Waals surface area contributed by atoms with Gasteiger partial charge in [-0.15, -0.1) is 6.58 Å². The summed E-state index contributed by atoms with van der Waals surface area (Å²) in [4.78, 5) is 25.0. The van der Waals surface area contributed by atoms with Gasteiger partial charge in [-0.05, 0) is 24.3 Å². The number of hydrogen-bond acceptors (Lipinski definition) is 6. The lowest BCUT2D eigenvalue weighted by molar-refractivity contribution is 0.0957. The Hall–Kier alpha value is -3.09. The van der Waals surface area contributed by atoms with Crippen molar-refractivity contribution in [3.63, 3.8) is 0 Å². The fourth-order valence-corrected chi connectivity index (χ4v) is 2.83. The average molecular weight is 353 g/mol. The van der Waals surface area contributed by atoms with Crippen molar-refractivity contribution >= 4 is 17.5 Å². The van der Waals surface area contributed by atoms with Crippen molar-refractivity contribution in [2.45, 2.75) is 0 Å². The summed E-state index contributed by atoms with van der Waals surface area (Å²) >= 11 is 0. The molecule has 1 aliphatic heterocycles. The fraction of sp³-hybridized carbons (Fsp3) is 0.316. The lowest BCUT2D eigenvalue weighted by atomic mass is 10.2. The van der Waals surface area contributed by atoms with Crippen LogP contribution in [0.2, 0.25) is 0 Å². The van der Waals surface area contributed by atoms with Crippen LogP contribution < -0.4 is 19.9 Å². The second-order valence-corrected chi connectivity index (χ2v) is 5.94. The molecule has 1 N–H and O–H groups in total. The molecule has 7 heteroatoms. The van der Waals surface area contributed by atoms with Crippen LogP contribution in [0.5, 0.6) is 5.75 Å². The molecule has 2 heterocycles. The highest BCUT2D eigenvalue weighted by Gasteiger charge is 2.19. The topological polar surface area (TPSA) is 70.6 Å². The van der Waals surface area contributed by atoms with E-state index in [-0.39, 0.29) is 5.91 Å². The molecular weight excluding hydrogens is 330 g/mol. The molecule has 2 aromatic rings. The first-order valence-electron chi connectivity index (χ1n) is 8.56. The first kappa shape index (κ1) is 17.7. The maximum absolute atomic E-state index is 11.9. The van der Waals surface area contributed by atoms with Crippen molar-refractivity contribution in [1.82, 2.24) is 15.3 Å². The fourth-order valence-electron chi connectivity index (χ4n) is 2.83. The van der Waals surface area contributed by atoms with Gasteiger partial charge < -0.3 is 19.9 Å². The van der Waals surface area contributed by atoms with E-state index in [1.807, 2.05) is 12.1 Å². The largest absolute Gasteiger partial charge is 0.497 e. The van der Waals surface area contributed by atoms with Gasteiger partial charge in [0.15, 0.2) is 0 Å². The second-order valence-electron chi connectivity index (χ2n) is 5.94. The lowest BCUT2D eigenvalue weighted by Gasteiger charge is -2.36. The zero-order chi connectivity index (χ0) is 18.4. The molecule has 3 rings (SSSR count). The first-order valence-corrected chi connectivity index (χ1v) is 8.56. The maximum Gasteiger partial charge on any atom is 0.254 e. The number of benzene rings is 1. The number of hydrogen-bond donors (Lipinski definition) is 1. The molecule has 1 aliphatic rings. The zero-order valence-electron chi connectivity index (χ0n) is 14.9. The predicted octanol–water partition coefficient (Wildman–Crippen LogP) is 1.73. The van der Waals surface area contributed by atoms with Crippen LogP contribution in [0.15, 0.2) is 49.3 Å². The van der Waals surface area contributed by atoms with Crippen LogP contribution in [-0.2, 0) is 0 Å². The molecule has 1 amide bonds. The van der Waals surface area contributed by atoms with Gasteiger partial charge >= 0.3 is 0 Å². The number of ether oxygens (including phenoxy) is 1. The van der Waals surface area contributed by atoms with Crippen LogP contribution in [0.1, 0.15) is 10.4 Å². The highest BCUT2D eigenvalue weighted by atomic mass is 16.5. The molecule has 0 radical (unpaired) electrons. The number of carbonyl (C=O) groups excluding carboxylic acids is 1. The Kier molecular flexibility index (Phi) is 5.68. The number of amides is 1. The molecule has 0 spiro atoms. The molecule has 1 fully saturated rings. The molecule has 136 valence electrons. The molecule has 0 saturated carbocycles. The van der Waals surface area contributed by atoms with E-state index >= 15 is 0 Å². The molecular formula is C19H23N5O2. The highest BCUT2D eigenvalue weighted by molar-refractivity contribution is 5.93. The van der Waals surface area contributed by atoms with Crippen LogP contribution in [0.4, 0.5) is 11.6 Å². The normalized spacial score (nSPS) is 14.0. The molecule has 0 bridgehead atoms. The summed E-state index contributed by atoms with van der Waals surface area (Å²) in [6, 6.07) is 8.09. The van der Waals surface area contributed by atoms with Crippen molar-refractivity contribution < 1.29 is 9.53 Å². The highest BCUT2D eigenvalue weighted by Crippen LogP contribution is 2.21. The van der Waals surface area contributed by atoms with Gasteiger partial charge in [-0.3, -0.25) is 4.79 Å². The number of rotatable bonds is 6. The van der Waals surface area contributed by atoms with Gasteiger partial charge in [0.2, 0.25) is 5.95 Å². The molecule has 0 unspecified atom stereocenters. The van der Waals surface area contributed by atoms with Crippen LogP contribution >= 0.6 is 0 Å². The van der Waals surface area contributed by atoms with Crippen LogP contribution in [0, 0.1) is 0 Å². The standard InChI is InChI=1S/C19H23N5O2/c1-3-8-20-18(25)15-13-21-19(22-14-15)24-11-9-23(10-12-24)16-4-6-17(26-2)7-5-16/h3-7,13-14H,1,8-12H2,2H3,(H,20,25). The lowest BCUT2D eigenvalue weighted by Crippen LogP contribution is -2.47. The summed E-state index contributed by atoms with van der Waals surface area (Å²) < 4.78 is 5.20. The minimum Gasteiger partial charge on any atom is -0.497 e. The van der Waals surface area contributed by atoms with Crippen molar-refractivity contribution in [3.8, 4) is 5.75 Å². The van der Waals surface area contributed by atoms with Crippen molar-refractivity contribution in [2.75, 3.05) is 49.6 Å². The van der Waals surface area contributed by atoms with Gasteiger partial charge in [0, 0.05) is 50.8 Å². The number of nitrogens with one attached hydrogen (secondary N) is 1. The number of aromatic nitrogens is 2. The Morgan fingerprint density at radius 3 is 2.35 bits per heavy atom. The summed E-state index contributed by atoms with van der Waals surface area (Å²) in [5.74, 6) is 1.32. The summed E-state index contributed by atoms with van der Waals surface area (Å²) in [7, 11) is 1.67. The van der Waals surface area contributed by atoms with Crippen molar-refractivity contribution in [3.05, 3.63) is 54.9 Å². The molecule has 0 aliphatic carbocycles. The van der Waals surface area contributed by atoms with Gasteiger partial charge in [-0.2, -0.15) is 0 Å². The Morgan fingerprint density at radius 1 is 1.15 bits per heavy atom. The number of carbonyl (C=O) groups is 1. The van der Waals surface area contributed by atoms with E-state index in [1.54, 1.807) is 25.6 Å². The van der Waals surface area contributed by atoms with Gasteiger partial charge in [0.1, 0.15) is 5.75 Å². The Balaban J connectivity index is 1.57. The molecule has 1 aromatic heterocycles. The summed E-state index contributed by atoms with van der Waals surface area (Å²) in [6.45, 7) is 7.43. The minimum atomic E-state index is -0.194. The third-order valence-corrected chi connectivity index (χ3v) is 4.31. The number of nitrogens with zero attached hydrogens (tertiary/aromatic N) is 4. The molecule has 7 nitrogen and oxygen atoms in total. The third-order valence-electron chi connectivity index (χ3n) is 4.31. The van der Waals surface area contributed by atoms with Crippen LogP contribution in [0.3, 0.4) is 0 Å². The number of piperazine rings is 1.